The summed E-state index contributed by atoms with van der Waals surface area (Å²) in [5.74, 6) is 0. The van der Waals surface area contributed by atoms with E-state index in [1.807, 2.05) is 6.07 Å². The highest BCUT2D eigenvalue weighted by Gasteiger charge is 2.06. The van der Waals surface area contributed by atoms with Gasteiger partial charge in [-0.1, -0.05) is 12.1 Å². The van der Waals surface area contributed by atoms with Gasteiger partial charge in [0.1, 0.15) is 0 Å². The Bertz CT molecular complexity index is 443. The van der Waals surface area contributed by atoms with E-state index in [0.717, 1.165) is 5.56 Å². The first-order valence-corrected chi connectivity index (χ1v) is 5.57. The van der Waals surface area contributed by atoms with E-state index in [2.05, 4.69) is 0 Å². The molecule has 0 saturated carbocycles. The van der Waals surface area contributed by atoms with Crippen molar-refractivity contribution in [3.63, 3.8) is 0 Å². The van der Waals surface area contributed by atoms with Crippen molar-refractivity contribution >= 4 is 10.0 Å². The van der Waals surface area contributed by atoms with Gasteiger partial charge in [-0.15, -0.1) is 0 Å². The Morgan fingerprint density at radius 2 is 1.86 bits per heavy atom. The number of rotatable bonds is 3. The number of sulfonamides is 1. The molecular weight excluding hydrogens is 200 g/mol. The first-order valence-electron chi connectivity index (χ1n) is 4.03. The topological polar surface area (TPSA) is 83.9 Å². The van der Waals surface area contributed by atoms with Crippen molar-refractivity contribution in [2.45, 2.75) is 17.7 Å². The number of benzene rings is 1. The van der Waals surface area contributed by atoms with Crippen LogP contribution in [0.5, 0.6) is 0 Å². The van der Waals surface area contributed by atoms with Crippen molar-refractivity contribution < 1.29 is 8.42 Å². The molecule has 1 aromatic carbocycles. The summed E-state index contributed by atoms with van der Waals surface area (Å²) in [4.78, 5) is 0.0956. The average Bonchev–Trinajstić information content (AvgIpc) is 2.14. The lowest BCUT2D eigenvalue weighted by Gasteiger charge is -1.99. The van der Waals surface area contributed by atoms with Gasteiger partial charge < -0.3 is 0 Å². The van der Waals surface area contributed by atoms with Gasteiger partial charge >= 0.3 is 0 Å². The molecule has 0 radical (unpaired) electrons. The zero-order valence-corrected chi connectivity index (χ0v) is 8.29. The molecule has 0 saturated heterocycles. The van der Waals surface area contributed by atoms with Crippen LogP contribution in [-0.2, 0) is 16.4 Å². The Labute approximate surface area is 83.0 Å². The van der Waals surface area contributed by atoms with Crippen LogP contribution in [-0.4, -0.2) is 8.42 Å². The number of hydrogen-bond donors (Lipinski definition) is 1. The molecule has 14 heavy (non-hydrogen) atoms. The lowest BCUT2D eigenvalue weighted by molar-refractivity contribution is 0.598. The zero-order valence-electron chi connectivity index (χ0n) is 7.47. The third-order valence-electron chi connectivity index (χ3n) is 1.78. The fourth-order valence-electron chi connectivity index (χ4n) is 1.05. The number of nitrogens with two attached hydrogens (primary N) is 1. The van der Waals surface area contributed by atoms with Gasteiger partial charge in [-0.25, -0.2) is 13.6 Å². The molecule has 0 unspecified atom stereocenters. The molecule has 0 aliphatic carbocycles. The summed E-state index contributed by atoms with van der Waals surface area (Å²) < 4.78 is 21.8. The summed E-state index contributed by atoms with van der Waals surface area (Å²) in [6, 6.07) is 8.24. The molecule has 0 aliphatic heterocycles. The fourth-order valence-corrected chi connectivity index (χ4v) is 1.56. The summed E-state index contributed by atoms with van der Waals surface area (Å²) in [5, 5.41) is 13.3. The van der Waals surface area contributed by atoms with Gasteiger partial charge in [0.2, 0.25) is 10.0 Å². The molecule has 0 heterocycles. The Balaban J connectivity index is 2.86. The van der Waals surface area contributed by atoms with E-state index in [0.29, 0.717) is 12.8 Å². The number of hydrogen-bond acceptors (Lipinski definition) is 3. The van der Waals surface area contributed by atoms with Gasteiger partial charge in [0, 0.05) is 6.42 Å². The van der Waals surface area contributed by atoms with Crippen LogP contribution >= 0.6 is 0 Å². The summed E-state index contributed by atoms with van der Waals surface area (Å²) in [6.07, 6.45) is 1.05. The molecular formula is C9H10N2O2S. The van der Waals surface area contributed by atoms with E-state index in [4.69, 9.17) is 10.4 Å². The van der Waals surface area contributed by atoms with E-state index in [9.17, 15) is 8.42 Å². The van der Waals surface area contributed by atoms with E-state index < -0.39 is 10.0 Å². The van der Waals surface area contributed by atoms with Gasteiger partial charge in [-0.3, -0.25) is 0 Å². The predicted molar refractivity (Wildman–Crippen MR) is 51.7 cm³/mol. The highest BCUT2D eigenvalue weighted by molar-refractivity contribution is 7.89. The molecule has 1 rings (SSSR count). The highest BCUT2D eigenvalue weighted by Crippen LogP contribution is 2.09. The molecule has 1 aromatic rings. The largest absolute Gasteiger partial charge is 0.238 e. The summed E-state index contributed by atoms with van der Waals surface area (Å²) in [5.41, 5.74) is 0.930. The molecule has 0 atom stereocenters. The van der Waals surface area contributed by atoms with Crippen LogP contribution in [0.1, 0.15) is 12.0 Å². The minimum absolute atomic E-state index is 0.0956. The van der Waals surface area contributed by atoms with Crippen LogP contribution in [0.4, 0.5) is 0 Å². The molecule has 0 amide bonds. The lowest BCUT2D eigenvalue weighted by Crippen LogP contribution is -2.11. The van der Waals surface area contributed by atoms with Gasteiger partial charge in [-0.05, 0) is 24.1 Å². The number of aryl methyl sites for hydroxylation is 1. The second-order valence-electron chi connectivity index (χ2n) is 2.85. The smallest absolute Gasteiger partial charge is 0.225 e. The normalized spacial score (nSPS) is 10.9. The van der Waals surface area contributed by atoms with Crippen molar-refractivity contribution in [2.24, 2.45) is 5.14 Å². The van der Waals surface area contributed by atoms with Crippen molar-refractivity contribution in [3.8, 4) is 6.07 Å². The minimum atomic E-state index is -3.61. The van der Waals surface area contributed by atoms with Gasteiger partial charge in [0.05, 0.1) is 11.0 Å². The standard InChI is InChI=1S/C9H10N2O2S/c10-7-1-2-8-3-5-9(6-4-8)14(11,12)13/h3-6H,1-2H2,(H2,11,12,13). The molecule has 4 nitrogen and oxygen atoms in total. The summed E-state index contributed by atoms with van der Waals surface area (Å²) in [6.45, 7) is 0. The Hall–Kier alpha value is -1.38. The molecule has 2 N–H and O–H groups in total. The molecule has 0 aromatic heterocycles. The van der Waals surface area contributed by atoms with Crippen molar-refractivity contribution in [1.82, 2.24) is 0 Å². The molecule has 0 aliphatic rings. The van der Waals surface area contributed by atoms with E-state index >= 15 is 0 Å². The van der Waals surface area contributed by atoms with Crippen LogP contribution in [0.2, 0.25) is 0 Å². The molecule has 0 spiro atoms. The second kappa shape index (κ2) is 4.22. The highest BCUT2D eigenvalue weighted by atomic mass is 32.2. The van der Waals surface area contributed by atoms with E-state index in [1.54, 1.807) is 12.1 Å². The Kier molecular flexibility index (Phi) is 3.23. The maximum absolute atomic E-state index is 10.9. The van der Waals surface area contributed by atoms with Gasteiger partial charge in [0.25, 0.3) is 0 Å². The average molecular weight is 210 g/mol. The van der Waals surface area contributed by atoms with Crippen LogP contribution < -0.4 is 5.14 Å². The molecule has 5 heteroatoms. The maximum atomic E-state index is 10.9. The number of primary sulfonamides is 1. The first kappa shape index (κ1) is 10.7. The second-order valence-corrected chi connectivity index (χ2v) is 4.41. The molecule has 74 valence electrons. The van der Waals surface area contributed by atoms with Crippen molar-refractivity contribution in [1.29, 1.82) is 5.26 Å². The molecule has 0 bridgehead atoms. The summed E-state index contributed by atoms with van der Waals surface area (Å²) >= 11 is 0. The fraction of sp³-hybridized carbons (Fsp3) is 0.222. The minimum Gasteiger partial charge on any atom is -0.225 e. The third kappa shape index (κ3) is 2.83. The van der Waals surface area contributed by atoms with Crippen molar-refractivity contribution in [3.05, 3.63) is 29.8 Å². The maximum Gasteiger partial charge on any atom is 0.238 e. The van der Waals surface area contributed by atoms with Crippen LogP contribution in [0, 0.1) is 11.3 Å². The Morgan fingerprint density at radius 1 is 1.29 bits per heavy atom. The van der Waals surface area contributed by atoms with Crippen LogP contribution in [0.25, 0.3) is 0 Å². The zero-order chi connectivity index (χ0) is 10.6. The SMILES string of the molecule is N#CCCc1ccc(S(N)(=O)=O)cc1. The number of nitrogens with zero attached hydrogens (tertiary/aromatic N) is 1. The van der Waals surface area contributed by atoms with Crippen LogP contribution in [0.3, 0.4) is 0 Å². The van der Waals surface area contributed by atoms with E-state index in [1.165, 1.54) is 12.1 Å². The monoisotopic (exact) mass is 210 g/mol. The lowest BCUT2D eigenvalue weighted by atomic mass is 10.1. The van der Waals surface area contributed by atoms with Crippen LogP contribution in [0.15, 0.2) is 29.2 Å². The summed E-state index contributed by atoms with van der Waals surface area (Å²) in [7, 11) is -3.61. The van der Waals surface area contributed by atoms with Gasteiger partial charge in [0.15, 0.2) is 0 Å². The predicted octanol–water partition coefficient (Wildman–Crippen LogP) is 0.790. The first-order chi connectivity index (χ1) is 6.54. The third-order valence-corrected chi connectivity index (χ3v) is 2.71. The molecule has 0 fully saturated rings. The van der Waals surface area contributed by atoms with Crippen molar-refractivity contribution in [2.75, 3.05) is 0 Å². The number of nitriles is 1. The quantitative estimate of drug-likeness (QED) is 0.800. The Morgan fingerprint density at radius 3 is 2.29 bits per heavy atom. The van der Waals surface area contributed by atoms with Gasteiger partial charge in [-0.2, -0.15) is 5.26 Å². The van der Waals surface area contributed by atoms with E-state index in [-0.39, 0.29) is 4.90 Å².